The summed E-state index contributed by atoms with van der Waals surface area (Å²) in [6, 6.07) is -0.350. The molecular formula is C19H23F3N2OS. The van der Waals surface area contributed by atoms with Crippen LogP contribution in [-0.4, -0.2) is 40.0 Å². The topological polar surface area (TPSA) is 32.7 Å². The Kier molecular flexibility index (Phi) is 5.95. The molecule has 3 unspecified atom stereocenters. The third-order valence-corrected chi connectivity index (χ3v) is 6.47. The number of likely N-dealkylation sites (N-methyl/N-ethyl adjacent to an activating group) is 1. The van der Waals surface area contributed by atoms with E-state index < -0.39 is 11.7 Å². The van der Waals surface area contributed by atoms with E-state index in [1.54, 1.807) is 17.8 Å². The lowest BCUT2D eigenvalue weighted by atomic mass is 9.99. The average molecular weight is 384 g/mol. The highest BCUT2D eigenvalue weighted by molar-refractivity contribution is 8.14. The minimum Gasteiger partial charge on any atom is -0.341 e. The summed E-state index contributed by atoms with van der Waals surface area (Å²) in [5.41, 5.74) is -0.676. The van der Waals surface area contributed by atoms with Gasteiger partial charge in [-0.3, -0.25) is 4.79 Å². The Morgan fingerprint density at radius 3 is 2.73 bits per heavy atom. The number of aliphatic imine (C=N–C) groups is 1. The van der Waals surface area contributed by atoms with Crippen molar-refractivity contribution in [1.29, 1.82) is 0 Å². The molecule has 0 spiro atoms. The number of rotatable bonds is 2. The van der Waals surface area contributed by atoms with Crippen LogP contribution >= 0.6 is 11.8 Å². The van der Waals surface area contributed by atoms with Crippen LogP contribution in [0.3, 0.4) is 0 Å². The number of halogens is 3. The average Bonchev–Trinajstić information content (AvgIpc) is 2.96. The summed E-state index contributed by atoms with van der Waals surface area (Å²) in [4.78, 5) is 18.7. The number of fused-ring (bicyclic) bond motifs is 1. The molecule has 142 valence electrons. The molecule has 2 aliphatic carbocycles. The number of allylic oxidation sites excluding steroid dienone is 4. The molecule has 0 saturated heterocycles. The zero-order valence-electron chi connectivity index (χ0n) is 14.7. The molecule has 3 nitrogen and oxygen atoms in total. The van der Waals surface area contributed by atoms with Crippen molar-refractivity contribution in [3.63, 3.8) is 0 Å². The molecule has 3 rings (SSSR count). The molecule has 0 aromatic rings. The van der Waals surface area contributed by atoms with E-state index in [1.807, 2.05) is 11.8 Å². The Morgan fingerprint density at radius 2 is 2.00 bits per heavy atom. The van der Waals surface area contributed by atoms with Gasteiger partial charge in [-0.15, -0.1) is 0 Å². The summed E-state index contributed by atoms with van der Waals surface area (Å²) in [7, 11) is 0. The first-order chi connectivity index (χ1) is 12.4. The maximum absolute atomic E-state index is 12.9. The van der Waals surface area contributed by atoms with Crippen molar-refractivity contribution >= 4 is 22.8 Å². The normalized spacial score (nSPS) is 29.4. The van der Waals surface area contributed by atoms with Gasteiger partial charge in [-0.2, -0.15) is 18.2 Å². The summed E-state index contributed by atoms with van der Waals surface area (Å²) in [5, 5.41) is 0.865. The fourth-order valence-electron chi connectivity index (χ4n) is 3.63. The van der Waals surface area contributed by atoms with Gasteiger partial charge in [0.2, 0.25) is 0 Å². The molecule has 7 heteroatoms. The van der Waals surface area contributed by atoms with Crippen LogP contribution < -0.4 is 0 Å². The zero-order valence-corrected chi connectivity index (χ0v) is 15.5. The zero-order chi connectivity index (χ0) is 18.7. The van der Waals surface area contributed by atoms with E-state index in [4.69, 9.17) is 0 Å². The third kappa shape index (κ3) is 4.24. The number of thioether (sulfide) groups is 1. The SMILES string of the molecule is CCN(C1=NC(=O)C2CCCCCC2S1)C1C=CC=C(C(F)(F)F)C=C1. The van der Waals surface area contributed by atoms with Crippen LogP contribution in [0.15, 0.2) is 40.9 Å². The highest BCUT2D eigenvalue weighted by atomic mass is 32.2. The summed E-state index contributed by atoms with van der Waals surface area (Å²) in [5.74, 6) is -0.0801. The van der Waals surface area contributed by atoms with Crippen LogP contribution in [0.25, 0.3) is 0 Å². The standard InChI is InChI=1S/C19H23F3N2OS/c1-2-24(14-8-6-7-13(11-12-14)19(20,21)22)18-23-17(25)15-9-4-3-5-10-16(15)26-18/h6-8,11-12,14-16H,2-5,9-10H2,1H3. The van der Waals surface area contributed by atoms with Gasteiger partial charge in [0.1, 0.15) is 0 Å². The Bertz CT molecular complexity index is 666. The number of carbonyl (C=O) groups excluding carboxylic acids is 1. The molecule has 0 bridgehead atoms. The molecule has 3 aliphatic rings. The van der Waals surface area contributed by atoms with E-state index in [0.717, 1.165) is 44.3 Å². The first-order valence-electron chi connectivity index (χ1n) is 9.10. The molecule has 1 aliphatic heterocycles. The molecule has 1 fully saturated rings. The molecule has 26 heavy (non-hydrogen) atoms. The lowest BCUT2D eigenvalue weighted by Gasteiger charge is -2.35. The summed E-state index contributed by atoms with van der Waals surface area (Å²) < 4.78 is 38.8. The van der Waals surface area contributed by atoms with Crippen molar-refractivity contribution in [2.75, 3.05) is 6.54 Å². The molecule has 3 atom stereocenters. The van der Waals surface area contributed by atoms with Crippen LogP contribution in [0.5, 0.6) is 0 Å². The summed E-state index contributed by atoms with van der Waals surface area (Å²) >= 11 is 1.62. The van der Waals surface area contributed by atoms with Gasteiger partial charge in [0.25, 0.3) is 5.91 Å². The van der Waals surface area contributed by atoms with Gasteiger partial charge in [-0.1, -0.05) is 61.4 Å². The van der Waals surface area contributed by atoms with Crippen LogP contribution in [0.1, 0.15) is 39.0 Å². The van der Waals surface area contributed by atoms with Crippen molar-refractivity contribution in [2.45, 2.75) is 56.5 Å². The minimum atomic E-state index is -4.37. The van der Waals surface area contributed by atoms with Gasteiger partial charge in [0, 0.05) is 11.8 Å². The second-order valence-corrected chi connectivity index (χ2v) is 7.98. The minimum absolute atomic E-state index is 0.0105. The second kappa shape index (κ2) is 8.03. The predicted molar refractivity (Wildman–Crippen MR) is 99.0 cm³/mol. The largest absolute Gasteiger partial charge is 0.416 e. The molecule has 1 heterocycles. The summed E-state index contributed by atoms with van der Waals surface area (Å²) in [6.45, 7) is 2.49. The van der Waals surface area contributed by atoms with Gasteiger partial charge < -0.3 is 4.90 Å². The predicted octanol–water partition coefficient (Wildman–Crippen LogP) is 4.87. The number of hydrogen-bond donors (Lipinski definition) is 0. The lowest BCUT2D eigenvalue weighted by molar-refractivity contribution is -0.121. The molecule has 0 aromatic carbocycles. The molecule has 0 radical (unpaired) electrons. The monoisotopic (exact) mass is 384 g/mol. The smallest absolute Gasteiger partial charge is 0.341 e. The Hall–Kier alpha value is -1.50. The maximum atomic E-state index is 12.9. The van der Waals surface area contributed by atoms with E-state index in [9.17, 15) is 18.0 Å². The van der Waals surface area contributed by atoms with Crippen molar-refractivity contribution in [3.05, 3.63) is 36.0 Å². The Morgan fingerprint density at radius 1 is 1.23 bits per heavy atom. The van der Waals surface area contributed by atoms with Gasteiger partial charge in [-0.05, 0) is 19.8 Å². The number of carbonyl (C=O) groups is 1. The number of amides is 1. The fraction of sp³-hybridized carbons (Fsp3) is 0.579. The number of hydrogen-bond acceptors (Lipinski definition) is 3. The van der Waals surface area contributed by atoms with Gasteiger partial charge in [0.15, 0.2) is 5.17 Å². The van der Waals surface area contributed by atoms with E-state index in [-0.39, 0.29) is 23.1 Å². The molecular weight excluding hydrogens is 361 g/mol. The van der Waals surface area contributed by atoms with Crippen LogP contribution in [0.4, 0.5) is 13.2 Å². The summed E-state index contributed by atoms with van der Waals surface area (Å²) in [6.07, 6.45) is 7.70. The molecule has 1 saturated carbocycles. The number of alkyl halides is 3. The van der Waals surface area contributed by atoms with Crippen molar-refractivity contribution in [2.24, 2.45) is 10.9 Å². The first-order valence-corrected chi connectivity index (χ1v) is 9.98. The highest BCUT2D eigenvalue weighted by Crippen LogP contribution is 2.38. The first kappa shape index (κ1) is 19.3. The number of amidine groups is 1. The van der Waals surface area contributed by atoms with Crippen molar-refractivity contribution in [1.82, 2.24) is 4.90 Å². The molecule has 0 N–H and O–H groups in total. The molecule has 1 amide bonds. The quantitative estimate of drug-likeness (QED) is 0.681. The van der Waals surface area contributed by atoms with Crippen LogP contribution in [0, 0.1) is 5.92 Å². The van der Waals surface area contributed by atoms with Gasteiger partial charge in [-0.25, -0.2) is 0 Å². The van der Waals surface area contributed by atoms with E-state index in [2.05, 4.69) is 4.99 Å². The van der Waals surface area contributed by atoms with Crippen LogP contribution in [0.2, 0.25) is 0 Å². The van der Waals surface area contributed by atoms with E-state index in [1.165, 1.54) is 12.2 Å². The van der Waals surface area contributed by atoms with Crippen LogP contribution in [-0.2, 0) is 4.79 Å². The Labute approximate surface area is 156 Å². The van der Waals surface area contributed by atoms with E-state index >= 15 is 0 Å². The Balaban J connectivity index is 1.80. The third-order valence-electron chi connectivity index (χ3n) is 5.06. The van der Waals surface area contributed by atoms with Gasteiger partial charge >= 0.3 is 6.18 Å². The van der Waals surface area contributed by atoms with Crippen molar-refractivity contribution < 1.29 is 18.0 Å². The number of nitrogens with zero attached hydrogens (tertiary/aromatic N) is 2. The maximum Gasteiger partial charge on any atom is 0.416 e. The van der Waals surface area contributed by atoms with E-state index in [0.29, 0.717) is 11.7 Å². The van der Waals surface area contributed by atoms with Crippen molar-refractivity contribution in [3.8, 4) is 0 Å². The van der Waals surface area contributed by atoms with Gasteiger partial charge in [0.05, 0.1) is 17.5 Å². The second-order valence-electron chi connectivity index (χ2n) is 6.77. The lowest BCUT2D eigenvalue weighted by Crippen LogP contribution is -2.42. The fourth-order valence-corrected chi connectivity index (χ4v) is 5.13. The highest BCUT2D eigenvalue weighted by Gasteiger charge is 2.37. The molecule has 0 aromatic heterocycles.